The van der Waals surface area contributed by atoms with Gasteiger partial charge in [0, 0.05) is 25.3 Å². The van der Waals surface area contributed by atoms with Gasteiger partial charge in [-0.15, -0.1) is 0 Å². The molecule has 8 nitrogen and oxygen atoms in total. The van der Waals surface area contributed by atoms with Crippen LogP contribution in [0.4, 0.5) is 54.4 Å². The number of carbonyl (C=O) groups is 2. The Labute approximate surface area is 243 Å². The fourth-order valence-corrected chi connectivity index (χ4v) is 3.46. The Morgan fingerprint density at radius 3 is 2.07 bits per heavy atom. The first-order valence-corrected chi connectivity index (χ1v) is 12.5. The van der Waals surface area contributed by atoms with Crippen LogP contribution in [-0.4, -0.2) is 79.2 Å². The van der Waals surface area contributed by atoms with E-state index >= 15 is 0 Å². The molecule has 0 aromatic heterocycles. The molecule has 0 saturated heterocycles. The van der Waals surface area contributed by atoms with Crippen molar-refractivity contribution in [2.45, 2.75) is 43.8 Å². The summed E-state index contributed by atoms with van der Waals surface area (Å²) >= 11 is 0. The van der Waals surface area contributed by atoms with Crippen molar-refractivity contribution in [1.29, 1.82) is 0 Å². The highest BCUT2D eigenvalue weighted by atomic mass is 19.4. The third kappa shape index (κ3) is 10.1. The number of aliphatic carboxylic acids is 1. The maximum atomic E-state index is 13.5. The van der Waals surface area contributed by atoms with Gasteiger partial charge >= 0.3 is 36.4 Å². The summed E-state index contributed by atoms with van der Waals surface area (Å²) in [5, 5.41) is 11.2. The number of alkyl halides is 10. The maximum absolute atomic E-state index is 13.5. The molecule has 44 heavy (non-hydrogen) atoms. The van der Waals surface area contributed by atoms with Crippen molar-refractivity contribution >= 4 is 17.7 Å². The molecule has 2 aromatic carbocycles. The number of anilines is 1. The van der Waals surface area contributed by atoms with Gasteiger partial charge in [-0.3, -0.25) is 0 Å². The van der Waals surface area contributed by atoms with Gasteiger partial charge in [0.15, 0.2) is 6.10 Å². The largest absolute Gasteiger partial charge is 0.492 e. The van der Waals surface area contributed by atoms with Gasteiger partial charge in [-0.1, -0.05) is 18.2 Å². The van der Waals surface area contributed by atoms with E-state index in [9.17, 15) is 58.6 Å². The average molecular weight is 652 g/mol. The molecule has 0 fully saturated rings. The summed E-state index contributed by atoms with van der Waals surface area (Å²) in [5.41, 5.74) is -0.996. The lowest BCUT2D eigenvalue weighted by atomic mass is 10.1. The molecule has 0 aliphatic carbocycles. The molecule has 1 atom stereocenters. The number of carbonyl (C=O) groups excluding carboxylic acids is 1. The van der Waals surface area contributed by atoms with Crippen LogP contribution in [0.25, 0.3) is 0 Å². The first-order chi connectivity index (χ1) is 20.3. The van der Waals surface area contributed by atoms with Crippen LogP contribution >= 0.6 is 0 Å². The van der Waals surface area contributed by atoms with Crippen molar-refractivity contribution in [3.05, 3.63) is 59.7 Å². The highest BCUT2D eigenvalue weighted by molar-refractivity contribution is 5.89. The van der Waals surface area contributed by atoms with Crippen molar-refractivity contribution in [3.63, 3.8) is 0 Å². The van der Waals surface area contributed by atoms with Gasteiger partial charge in [-0.2, -0.15) is 43.9 Å². The first-order valence-electron chi connectivity index (χ1n) is 12.5. The van der Waals surface area contributed by atoms with Crippen molar-refractivity contribution in [3.8, 4) is 5.75 Å². The summed E-state index contributed by atoms with van der Waals surface area (Å²) in [7, 11) is 0. The number of hydrogen-bond acceptors (Lipinski definition) is 5. The van der Waals surface area contributed by atoms with Gasteiger partial charge in [-0.05, 0) is 42.8 Å². The zero-order chi connectivity index (χ0) is 33.3. The number of halogens is 10. The summed E-state index contributed by atoms with van der Waals surface area (Å²) in [5.74, 6) is -7.57. The highest BCUT2D eigenvalue weighted by Gasteiger charge is 2.74. The first kappa shape index (κ1) is 36.4. The molecule has 0 bridgehead atoms. The Hall–Kier alpha value is -3.80. The van der Waals surface area contributed by atoms with Crippen molar-refractivity contribution < 1.29 is 72.8 Å². The second kappa shape index (κ2) is 14.8. The number of hydrogen-bond donors (Lipinski definition) is 2. The average Bonchev–Trinajstić information content (AvgIpc) is 2.91. The predicted molar refractivity (Wildman–Crippen MR) is 133 cm³/mol. The van der Waals surface area contributed by atoms with E-state index in [1.165, 1.54) is 24.3 Å². The summed E-state index contributed by atoms with van der Waals surface area (Å²) in [6.45, 7) is -1.71. The fourth-order valence-electron chi connectivity index (χ4n) is 3.46. The molecule has 0 aliphatic rings. The molecule has 2 aromatic rings. The Morgan fingerprint density at radius 2 is 1.52 bits per heavy atom. The number of urea groups is 1. The number of benzene rings is 2. The van der Waals surface area contributed by atoms with Gasteiger partial charge in [0.1, 0.15) is 12.4 Å². The van der Waals surface area contributed by atoms with E-state index in [0.717, 1.165) is 12.1 Å². The van der Waals surface area contributed by atoms with Crippen LogP contribution in [0, 0.1) is 0 Å². The number of ether oxygens (including phenoxy) is 3. The van der Waals surface area contributed by atoms with Crippen LogP contribution in [0.1, 0.15) is 18.1 Å². The number of nitrogens with zero attached hydrogens (tertiary/aromatic N) is 1. The van der Waals surface area contributed by atoms with Gasteiger partial charge in [0.05, 0.1) is 18.7 Å². The quantitative estimate of drug-likeness (QED) is 0.215. The van der Waals surface area contributed by atoms with Crippen LogP contribution < -0.4 is 10.1 Å². The lowest BCUT2D eigenvalue weighted by Gasteiger charge is -2.29. The van der Waals surface area contributed by atoms with Crippen LogP contribution in [0.2, 0.25) is 0 Å². The van der Waals surface area contributed by atoms with Crippen LogP contribution in [0.5, 0.6) is 5.75 Å². The van der Waals surface area contributed by atoms with Crippen LogP contribution in [0.3, 0.4) is 0 Å². The van der Waals surface area contributed by atoms with Crippen molar-refractivity contribution in [1.82, 2.24) is 4.90 Å². The topological polar surface area (TPSA) is 97.3 Å². The van der Waals surface area contributed by atoms with E-state index in [1.54, 1.807) is 6.92 Å². The molecule has 0 spiro atoms. The number of nitrogens with one attached hydrogen (secondary N) is 1. The minimum Gasteiger partial charge on any atom is -0.492 e. The van der Waals surface area contributed by atoms with E-state index < -0.39 is 80.0 Å². The second-order valence-corrected chi connectivity index (χ2v) is 8.91. The zero-order valence-electron chi connectivity index (χ0n) is 22.7. The van der Waals surface area contributed by atoms with E-state index in [4.69, 9.17) is 9.47 Å². The molecule has 2 amide bonds. The third-order valence-corrected chi connectivity index (χ3v) is 5.71. The zero-order valence-corrected chi connectivity index (χ0v) is 22.7. The fraction of sp³-hybridized carbons (Fsp3) is 0.462. The molecule has 0 radical (unpaired) electrons. The Balaban J connectivity index is 2.11. The maximum Gasteiger partial charge on any atom is 0.462 e. The lowest BCUT2D eigenvalue weighted by Crippen LogP contribution is -2.54. The monoisotopic (exact) mass is 652 g/mol. The van der Waals surface area contributed by atoms with E-state index in [-0.39, 0.29) is 18.8 Å². The summed E-state index contributed by atoms with van der Waals surface area (Å²) in [4.78, 5) is 24.6. The Bertz CT molecular complexity index is 1240. The van der Waals surface area contributed by atoms with Crippen LogP contribution in [-0.2, 0) is 26.9 Å². The smallest absolute Gasteiger partial charge is 0.462 e. The number of carboxylic acids is 1. The summed E-state index contributed by atoms with van der Waals surface area (Å²) in [6.07, 6.45) is -18.5. The molecule has 0 heterocycles. The third-order valence-electron chi connectivity index (χ3n) is 5.71. The van der Waals surface area contributed by atoms with E-state index in [0.29, 0.717) is 22.6 Å². The summed E-state index contributed by atoms with van der Waals surface area (Å²) in [6, 6.07) is 7.83. The SMILES string of the molecule is CCOC(Cc1ccc(OCCN(CCOC(F)(F)C(F)(F)C(F)(F)F)C(=O)Nc2cccc(C(F)(F)F)c2)cc1)C(=O)O. The molecular formula is C26H26F10N2O6. The minimum absolute atomic E-state index is 0.0188. The van der Waals surface area contributed by atoms with Crippen molar-refractivity contribution in [2.75, 3.05) is 38.2 Å². The molecular weight excluding hydrogens is 626 g/mol. The number of amides is 2. The molecule has 2 N–H and O–H groups in total. The van der Waals surface area contributed by atoms with E-state index in [2.05, 4.69) is 10.1 Å². The normalized spacial score (nSPS) is 13.3. The molecule has 0 saturated carbocycles. The second-order valence-electron chi connectivity index (χ2n) is 8.91. The molecule has 1 unspecified atom stereocenters. The Morgan fingerprint density at radius 1 is 0.909 bits per heavy atom. The van der Waals surface area contributed by atoms with Crippen molar-refractivity contribution in [2.24, 2.45) is 0 Å². The lowest BCUT2D eigenvalue weighted by molar-refractivity contribution is -0.423. The Kier molecular flexibility index (Phi) is 12.2. The minimum atomic E-state index is -6.65. The van der Waals surface area contributed by atoms with Gasteiger partial charge in [0.2, 0.25) is 0 Å². The standard InChI is InChI=1S/C26H26F10N2O6/c1-2-42-20(21(39)40)14-16-6-8-19(9-7-16)43-12-10-38(11-13-44-26(35,36)24(30,31)25(32,33)34)22(41)37-18-5-3-4-17(15-18)23(27,28)29/h3-9,15,20H,2,10-14H2,1H3,(H,37,41)(H,39,40). The summed E-state index contributed by atoms with van der Waals surface area (Å²) < 4.78 is 144. The molecule has 2 rings (SSSR count). The van der Waals surface area contributed by atoms with Gasteiger partial charge < -0.3 is 29.5 Å². The van der Waals surface area contributed by atoms with Gasteiger partial charge in [0.25, 0.3) is 0 Å². The predicted octanol–water partition coefficient (Wildman–Crippen LogP) is 6.46. The van der Waals surface area contributed by atoms with Crippen LogP contribution in [0.15, 0.2) is 48.5 Å². The molecule has 18 heteroatoms. The number of carboxylic acid groups (broad SMARTS) is 1. The molecule has 0 aliphatic heterocycles. The van der Waals surface area contributed by atoms with Gasteiger partial charge in [-0.25, -0.2) is 9.59 Å². The van der Waals surface area contributed by atoms with E-state index in [1.807, 2.05) is 0 Å². The highest BCUT2D eigenvalue weighted by Crippen LogP contribution is 2.46. The molecule has 246 valence electrons. The number of rotatable bonds is 15.